The molecule has 0 bridgehead atoms. The summed E-state index contributed by atoms with van der Waals surface area (Å²) in [6.07, 6.45) is -6.65. The van der Waals surface area contributed by atoms with Crippen LogP contribution in [0.1, 0.15) is 50.0 Å². The molecule has 0 fully saturated rings. The number of benzene rings is 2. The standard InChI is InChI=1S/C24H25F3N2O5/c1-14-17-11-15(9-10-16(17)20(12-30)34-29-14)28-21(31)23(32,24(25,26)27)13-22(2,3)18-7-5-6-8-19(18)33-4/h5-12,20,32H,13H2,1-4H3,(H,28,31). The van der Waals surface area contributed by atoms with Crippen molar-refractivity contribution in [1.82, 2.24) is 0 Å². The number of ether oxygens (including phenoxy) is 1. The van der Waals surface area contributed by atoms with Gasteiger partial charge >= 0.3 is 6.18 Å². The molecule has 2 aromatic rings. The third-order valence-corrected chi connectivity index (χ3v) is 5.81. The van der Waals surface area contributed by atoms with Gasteiger partial charge in [0, 0.05) is 23.2 Å². The van der Waals surface area contributed by atoms with E-state index in [1.54, 1.807) is 31.2 Å². The summed E-state index contributed by atoms with van der Waals surface area (Å²) in [4.78, 5) is 29.1. The zero-order valence-corrected chi connectivity index (χ0v) is 19.1. The molecule has 1 amide bonds. The Balaban J connectivity index is 1.95. The van der Waals surface area contributed by atoms with Crippen molar-refractivity contribution in [2.75, 3.05) is 12.4 Å². The van der Waals surface area contributed by atoms with Crippen LogP contribution in [0.25, 0.3) is 0 Å². The smallest absolute Gasteiger partial charge is 0.426 e. The van der Waals surface area contributed by atoms with Gasteiger partial charge in [0.2, 0.25) is 11.7 Å². The number of alkyl halides is 3. The Morgan fingerprint density at radius 2 is 1.91 bits per heavy atom. The van der Waals surface area contributed by atoms with Crippen molar-refractivity contribution in [2.24, 2.45) is 5.16 Å². The van der Waals surface area contributed by atoms with E-state index >= 15 is 0 Å². The van der Waals surface area contributed by atoms with Crippen LogP contribution in [0.5, 0.6) is 5.75 Å². The molecule has 0 spiro atoms. The second kappa shape index (κ2) is 9.09. The molecule has 2 atom stereocenters. The summed E-state index contributed by atoms with van der Waals surface area (Å²) in [5.74, 6) is -1.29. The molecule has 10 heteroatoms. The van der Waals surface area contributed by atoms with Crippen molar-refractivity contribution in [3.8, 4) is 5.75 Å². The number of nitrogens with zero attached hydrogens (tertiary/aromatic N) is 1. The second-order valence-electron chi connectivity index (χ2n) is 8.71. The fraction of sp³-hybridized carbons (Fsp3) is 0.375. The van der Waals surface area contributed by atoms with Gasteiger partial charge in [-0.2, -0.15) is 13.2 Å². The van der Waals surface area contributed by atoms with Crippen LogP contribution in [0.2, 0.25) is 0 Å². The SMILES string of the molecule is COc1ccccc1C(C)(C)CC(O)(C(=O)Nc1ccc2c(c1)C(C)=NOC2C=O)C(F)(F)F. The zero-order valence-electron chi connectivity index (χ0n) is 19.1. The highest BCUT2D eigenvalue weighted by atomic mass is 19.4. The third-order valence-electron chi connectivity index (χ3n) is 5.81. The number of anilines is 1. The van der Waals surface area contributed by atoms with E-state index in [-0.39, 0.29) is 5.69 Å². The number of para-hydroxylation sites is 1. The summed E-state index contributed by atoms with van der Waals surface area (Å²) < 4.78 is 47.6. The van der Waals surface area contributed by atoms with Crippen LogP contribution < -0.4 is 10.1 Å². The lowest BCUT2D eigenvalue weighted by Crippen LogP contribution is -2.57. The number of hydrogen-bond donors (Lipinski definition) is 2. The van der Waals surface area contributed by atoms with Crippen LogP contribution >= 0.6 is 0 Å². The van der Waals surface area contributed by atoms with Gasteiger partial charge in [0.1, 0.15) is 5.75 Å². The summed E-state index contributed by atoms with van der Waals surface area (Å²) >= 11 is 0. The van der Waals surface area contributed by atoms with Crippen molar-refractivity contribution < 1.29 is 37.4 Å². The predicted molar refractivity (Wildman–Crippen MR) is 119 cm³/mol. The molecule has 1 heterocycles. The summed E-state index contributed by atoms with van der Waals surface area (Å²) in [6.45, 7) is 4.58. The highest BCUT2D eigenvalue weighted by Crippen LogP contribution is 2.44. The average molecular weight is 478 g/mol. The van der Waals surface area contributed by atoms with Crippen molar-refractivity contribution in [2.45, 2.75) is 50.5 Å². The number of aliphatic hydroxyl groups is 1. The van der Waals surface area contributed by atoms with Gasteiger partial charge in [-0.05, 0) is 36.1 Å². The number of aldehydes is 1. The second-order valence-corrected chi connectivity index (χ2v) is 8.71. The number of oxime groups is 1. The van der Waals surface area contributed by atoms with Gasteiger partial charge in [0.25, 0.3) is 5.91 Å². The van der Waals surface area contributed by atoms with E-state index in [1.165, 1.54) is 39.2 Å². The summed E-state index contributed by atoms with van der Waals surface area (Å²) in [5.41, 5.74) is -3.30. The highest BCUT2D eigenvalue weighted by molar-refractivity contribution is 6.04. The summed E-state index contributed by atoms with van der Waals surface area (Å²) in [5, 5.41) is 16.7. The lowest BCUT2D eigenvalue weighted by molar-refractivity contribution is -0.254. The zero-order chi connectivity index (χ0) is 25.3. The van der Waals surface area contributed by atoms with Gasteiger partial charge in [-0.3, -0.25) is 9.59 Å². The van der Waals surface area contributed by atoms with Crippen LogP contribution in [0.3, 0.4) is 0 Å². The van der Waals surface area contributed by atoms with Crippen molar-refractivity contribution in [1.29, 1.82) is 0 Å². The van der Waals surface area contributed by atoms with Crippen LogP contribution in [-0.2, 0) is 19.8 Å². The molecular formula is C24H25F3N2O5. The van der Waals surface area contributed by atoms with Crippen LogP contribution in [0.4, 0.5) is 18.9 Å². The maximum Gasteiger partial charge on any atom is 0.426 e. The molecule has 0 aromatic heterocycles. The van der Waals surface area contributed by atoms with Crippen LogP contribution in [0, 0.1) is 0 Å². The number of methoxy groups -OCH3 is 1. The Kier molecular flexibility index (Phi) is 6.75. The monoisotopic (exact) mass is 478 g/mol. The maximum atomic E-state index is 14.1. The minimum Gasteiger partial charge on any atom is -0.496 e. The number of hydrogen-bond acceptors (Lipinski definition) is 6. The van der Waals surface area contributed by atoms with Gasteiger partial charge in [-0.1, -0.05) is 43.3 Å². The molecule has 0 radical (unpaired) electrons. The predicted octanol–water partition coefficient (Wildman–Crippen LogP) is 4.29. The molecule has 0 aliphatic carbocycles. The maximum absolute atomic E-state index is 14.1. The molecule has 7 nitrogen and oxygen atoms in total. The van der Waals surface area contributed by atoms with Gasteiger partial charge in [-0.25, -0.2) is 0 Å². The summed E-state index contributed by atoms with van der Waals surface area (Å²) in [7, 11) is 1.39. The fourth-order valence-corrected chi connectivity index (χ4v) is 4.02. The number of amides is 1. The average Bonchev–Trinajstić information content (AvgIpc) is 2.78. The minimum atomic E-state index is -5.27. The summed E-state index contributed by atoms with van der Waals surface area (Å²) in [6, 6.07) is 10.7. The third kappa shape index (κ3) is 4.63. The van der Waals surface area contributed by atoms with Crippen molar-refractivity contribution >= 4 is 23.6 Å². The molecule has 2 aromatic carbocycles. The number of nitrogens with one attached hydrogen (secondary N) is 1. The molecule has 182 valence electrons. The molecule has 1 aliphatic heterocycles. The Hall–Kier alpha value is -3.40. The quantitative estimate of drug-likeness (QED) is 0.579. The molecule has 1 aliphatic rings. The lowest BCUT2D eigenvalue weighted by atomic mass is 9.74. The first-order chi connectivity index (χ1) is 15.8. The van der Waals surface area contributed by atoms with Crippen LogP contribution in [0.15, 0.2) is 47.6 Å². The first-order valence-corrected chi connectivity index (χ1v) is 10.4. The molecule has 2 unspecified atom stereocenters. The van der Waals surface area contributed by atoms with E-state index in [4.69, 9.17) is 9.57 Å². The Bertz CT molecular complexity index is 1130. The largest absolute Gasteiger partial charge is 0.496 e. The Morgan fingerprint density at radius 3 is 2.53 bits per heavy atom. The molecule has 3 rings (SSSR count). The van der Waals surface area contributed by atoms with E-state index in [1.807, 2.05) is 0 Å². The van der Waals surface area contributed by atoms with E-state index in [2.05, 4.69) is 10.5 Å². The van der Waals surface area contributed by atoms with E-state index in [0.717, 1.165) is 0 Å². The Labute approximate surface area is 194 Å². The lowest BCUT2D eigenvalue weighted by Gasteiger charge is -2.37. The van der Waals surface area contributed by atoms with Gasteiger partial charge in [-0.15, -0.1) is 0 Å². The number of carbonyl (C=O) groups is 2. The van der Waals surface area contributed by atoms with Gasteiger partial charge < -0.3 is 20.0 Å². The van der Waals surface area contributed by atoms with Gasteiger partial charge in [0.05, 0.1) is 12.8 Å². The van der Waals surface area contributed by atoms with Gasteiger partial charge in [0.15, 0.2) is 6.29 Å². The molecule has 2 N–H and O–H groups in total. The van der Waals surface area contributed by atoms with Crippen LogP contribution in [-0.4, -0.2) is 41.9 Å². The van der Waals surface area contributed by atoms with E-state index in [9.17, 15) is 27.9 Å². The van der Waals surface area contributed by atoms with Crippen molar-refractivity contribution in [3.05, 3.63) is 59.2 Å². The first kappa shape index (κ1) is 25.2. The normalized spacial score (nSPS) is 17.5. The fourth-order valence-electron chi connectivity index (χ4n) is 4.02. The minimum absolute atomic E-state index is 0.00243. The first-order valence-electron chi connectivity index (χ1n) is 10.4. The molecule has 0 saturated carbocycles. The Morgan fingerprint density at radius 1 is 1.24 bits per heavy atom. The molecular weight excluding hydrogens is 453 g/mol. The number of fused-ring (bicyclic) bond motifs is 1. The highest BCUT2D eigenvalue weighted by Gasteiger charge is 2.61. The van der Waals surface area contributed by atoms with E-state index in [0.29, 0.717) is 34.4 Å². The van der Waals surface area contributed by atoms with E-state index < -0.39 is 35.6 Å². The number of halogens is 3. The molecule has 34 heavy (non-hydrogen) atoms. The number of carbonyl (C=O) groups excluding carboxylic acids is 2. The molecule has 0 saturated heterocycles. The topological polar surface area (TPSA) is 97.2 Å². The number of rotatable bonds is 7. The van der Waals surface area contributed by atoms with Crippen molar-refractivity contribution in [3.63, 3.8) is 0 Å².